The molecule has 3 nitrogen and oxygen atoms in total. The Balaban J connectivity index is 1.83. The predicted octanol–water partition coefficient (Wildman–Crippen LogP) is 2.93. The van der Waals surface area contributed by atoms with Crippen LogP contribution >= 0.6 is 0 Å². The summed E-state index contributed by atoms with van der Waals surface area (Å²) in [6.07, 6.45) is 1.93. The van der Waals surface area contributed by atoms with Crippen molar-refractivity contribution in [1.82, 2.24) is 4.90 Å². The second-order valence-electron chi connectivity index (χ2n) is 5.85. The first-order valence-electron chi connectivity index (χ1n) is 7.05. The molecule has 2 atom stereocenters. The first kappa shape index (κ1) is 14.1. The molecule has 1 aliphatic heterocycles. The van der Waals surface area contributed by atoms with Crippen molar-refractivity contribution in [3.05, 3.63) is 35.4 Å². The zero-order valence-electron chi connectivity index (χ0n) is 11.8. The zero-order chi connectivity index (χ0) is 13.8. The van der Waals surface area contributed by atoms with E-state index in [4.69, 9.17) is 5.11 Å². The van der Waals surface area contributed by atoms with Gasteiger partial charge in [-0.25, -0.2) is 0 Å². The molecule has 19 heavy (non-hydrogen) atoms. The molecule has 2 rings (SSSR count). The van der Waals surface area contributed by atoms with Crippen molar-refractivity contribution in [2.45, 2.75) is 33.2 Å². The molecule has 0 saturated carbocycles. The van der Waals surface area contributed by atoms with Gasteiger partial charge < -0.3 is 5.11 Å². The summed E-state index contributed by atoms with van der Waals surface area (Å²) in [6, 6.07) is 8.61. The minimum Gasteiger partial charge on any atom is -0.481 e. The van der Waals surface area contributed by atoms with Gasteiger partial charge in [-0.15, -0.1) is 0 Å². The number of hydrogen-bond acceptors (Lipinski definition) is 2. The zero-order valence-corrected chi connectivity index (χ0v) is 11.8. The standard InChI is InChI=1S/C16H23NO2/c1-12-4-3-5-14(8-12)10-17-7-6-15(11-17)9-13(2)16(18)19/h3-5,8,13,15H,6-7,9-11H2,1-2H3,(H,18,19). The van der Waals surface area contributed by atoms with Crippen LogP contribution in [0.1, 0.15) is 30.9 Å². The molecule has 0 radical (unpaired) electrons. The summed E-state index contributed by atoms with van der Waals surface area (Å²) in [5.74, 6) is -0.350. The van der Waals surface area contributed by atoms with Crippen molar-refractivity contribution in [3.63, 3.8) is 0 Å². The third-order valence-electron chi connectivity index (χ3n) is 3.97. The van der Waals surface area contributed by atoms with E-state index in [2.05, 4.69) is 36.1 Å². The van der Waals surface area contributed by atoms with Crippen molar-refractivity contribution in [2.24, 2.45) is 11.8 Å². The van der Waals surface area contributed by atoms with Gasteiger partial charge in [0.2, 0.25) is 0 Å². The van der Waals surface area contributed by atoms with Gasteiger partial charge in [0.05, 0.1) is 5.92 Å². The molecule has 104 valence electrons. The molecular formula is C16H23NO2. The number of carboxylic acids is 1. The van der Waals surface area contributed by atoms with Crippen molar-refractivity contribution < 1.29 is 9.90 Å². The fourth-order valence-electron chi connectivity index (χ4n) is 2.92. The SMILES string of the molecule is Cc1cccc(CN2CCC(CC(C)C(=O)O)C2)c1. The van der Waals surface area contributed by atoms with Gasteiger partial charge in [-0.2, -0.15) is 0 Å². The summed E-state index contributed by atoms with van der Waals surface area (Å²) < 4.78 is 0. The van der Waals surface area contributed by atoms with Gasteiger partial charge in [0.25, 0.3) is 0 Å². The number of aryl methyl sites for hydroxylation is 1. The second-order valence-corrected chi connectivity index (χ2v) is 5.85. The number of carbonyl (C=O) groups is 1. The van der Waals surface area contributed by atoms with Crippen LogP contribution in [0, 0.1) is 18.8 Å². The number of aliphatic carboxylic acids is 1. The number of nitrogens with zero attached hydrogens (tertiary/aromatic N) is 1. The highest BCUT2D eigenvalue weighted by atomic mass is 16.4. The molecule has 1 aromatic carbocycles. The van der Waals surface area contributed by atoms with E-state index in [0.29, 0.717) is 5.92 Å². The maximum Gasteiger partial charge on any atom is 0.306 e. The molecule has 1 saturated heterocycles. The van der Waals surface area contributed by atoms with Crippen molar-refractivity contribution in [2.75, 3.05) is 13.1 Å². The lowest BCUT2D eigenvalue weighted by Gasteiger charge is -2.17. The number of rotatable bonds is 5. The van der Waals surface area contributed by atoms with E-state index in [-0.39, 0.29) is 5.92 Å². The smallest absolute Gasteiger partial charge is 0.306 e. The molecule has 1 aliphatic rings. The van der Waals surface area contributed by atoms with Crippen LogP contribution < -0.4 is 0 Å². The molecule has 0 aliphatic carbocycles. The normalized spacial score (nSPS) is 21.5. The first-order chi connectivity index (χ1) is 9.04. The van der Waals surface area contributed by atoms with E-state index in [0.717, 1.165) is 32.5 Å². The summed E-state index contributed by atoms with van der Waals surface area (Å²) in [5.41, 5.74) is 2.65. The molecule has 3 heteroatoms. The Labute approximate surface area is 115 Å². The van der Waals surface area contributed by atoms with Crippen molar-refractivity contribution in [3.8, 4) is 0 Å². The van der Waals surface area contributed by atoms with Crippen LogP contribution in [-0.4, -0.2) is 29.1 Å². The van der Waals surface area contributed by atoms with Gasteiger partial charge in [0.15, 0.2) is 0 Å². The number of carboxylic acid groups (broad SMARTS) is 1. The number of benzene rings is 1. The van der Waals surface area contributed by atoms with Gasteiger partial charge >= 0.3 is 5.97 Å². The Bertz CT molecular complexity index is 444. The third-order valence-corrected chi connectivity index (χ3v) is 3.97. The van der Waals surface area contributed by atoms with Gasteiger partial charge in [0, 0.05) is 13.1 Å². The Hall–Kier alpha value is -1.35. The fraction of sp³-hybridized carbons (Fsp3) is 0.562. The van der Waals surface area contributed by atoms with Gasteiger partial charge in [0.1, 0.15) is 0 Å². The molecule has 1 aromatic rings. The molecule has 0 aromatic heterocycles. The van der Waals surface area contributed by atoms with Crippen LogP contribution in [0.4, 0.5) is 0 Å². The maximum atomic E-state index is 10.9. The van der Waals surface area contributed by atoms with E-state index in [1.54, 1.807) is 0 Å². The van der Waals surface area contributed by atoms with Crippen LogP contribution in [0.2, 0.25) is 0 Å². The van der Waals surface area contributed by atoms with E-state index in [9.17, 15) is 4.79 Å². The summed E-state index contributed by atoms with van der Waals surface area (Å²) in [5, 5.41) is 8.96. The highest BCUT2D eigenvalue weighted by Crippen LogP contribution is 2.25. The average Bonchev–Trinajstić information content (AvgIpc) is 2.76. The van der Waals surface area contributed by atoms with E-state index in [1.165, 1.54) is 11.1 Å². The Morgan fingerprint density at radius 1 is 1.53 bits per heavy atom. The van der Waals surface area contributed by atoms with Crippen LogP contribution in [-0.2, 0) is 11.3 Å². The minimum absolute atomic E-state index is 0.219. The predicted molar refractivity (Wildman–Crippen MR) is 76.0 cm³/mol. The highest BCUT2D eigenvalue weighted by Gasteiger charge is 2.25. The lowest BCUT2D eigenvalue weighted by atomic mass is 9.95. The number of likely N-dealkylation sites (tertiary alicyclic amines) is 1. The van der Waals surface area contributed by atoms with Crippen LogP contribution in [0.25, 0.3) is 0 Å². The summed E-state index contributed by atoms with van der Waals surface area (Å²) in [4.78, 5) is 13.3. The van der Waals surface area contributed by atoms with Crippen molar-refractivity contribution in [1.29, 1.82) is 0 Å². The largest absolute Gasteiger partial charge is 0.481 e. The molecule has 0 spiro atoms. The average molecular weight is 261 g/mol. The molecule has 0 bridgehead atoms. The van der Waals surface area contributed by atoms with Gasteiger partial charge in [-0.05, 0) is 37.8 Å². The van der Waals surface area contributed by atoms with E-state index >= 15 is 0 Å². The lowest BCUT2D eigenvalue weighted by Crippen LogP contribution is -2.21. The van der Waals surface area contributed by atoms with Gasteiger partial charge in [-0.1, -0.05) is 36.8 Å². The summed E-state index contributed by atoms with van der Waals surface area (Å²) in [7, 11) is 0. The monoisotopic (exact) mass is 261 g/mol. The number of hydrogen-bond donors (Lipinski definition) is 1. The lowest BCUT2D eigenvalue weighted by molar-refractivity contribution is -0.141. The Morgan fingerprint density at radius 2 is 2.32 bits per heavy atom. The maximum absolute atomic E-state index is 10.9. The summed E-state index contributed by atoms with van der Waals surface area (Å²) in [6.45, 7) is 7.03. The molecule has 1 heterocycles. The van der Waals surface area contributed by atoms with Gasteiger partial charge in [-0.3, -0.25) is 9.69 Å². The Morgan fingerprint density at radius 3 is 3.00 bits per heavy atom. The molecular weight excluding hydrogens is 238 g/mol. The van der Waals surface area contributed by atoms with E-state index in [1.807, 2.05) is 6.92 Å². The summed E-state index contributed by atoms with van der Waals surface area (Å²) >= 11 is 0. The Kier molecular flexibility index (Phi) is 4.59. The molecule has 1 N–H and O–H groups in total. The first-order valence-corrected chi connectivity index (χ1v) is 7.05. The quantitative estimate of drug-likeness (QED) is 0.886. The molecule has 0 amide bonds. The van der Waals surface area contributed by atoms with E-state index < -0.39 is 5.97 Å². The van der Waals surface area contributed by atoms with Crippen LogP contribution in [0.3, 0.4) is 0 Å². The minimum atomic E-state index is -0.669. The van der Waals surface area contributed by atoms with Crippen molar-refractivity contribution >= 4 is 5.97 Å². The third kappa shape index (κ3) is 4.06. The topological polar surface area (TPSA) is 40.5 Å². The highest BCUT2D eigenvalue weighted by molar-refractivity contribution is 5.69. The molecule has 1 fully saturated rings. The molecule has 2 unspecified atom stereocenters. The second kappa shape index (κ2) is 6.20. The van der Waals surface area contributed by atoms with Crippen LogP contribution in [0.5, 0.6) is 0 Å². The fourth-order valence-corrected chi connectivity index (χ4v) is 2.92. The van der Waals surface area contributed by atoms with Crippen LogP contribution in [0.15, 0.2) is 24.3 Å².